The second kappa shape index (κ2) is 8.23. The number of benzene rings is 2. The summed E-state index contributed by atoms with van der Waals surface area (Å²) in [5.41, 5.74) is 1.79. The Morgan fingerprint density at radius 3 is 1.84 bits per heavy atom. The van der Waals surface area contributed by atoms with Gasteiger partial charge in [-0.05, 0) is 42.2 Å². The highest BCUT2D eigenvalue weighted by Crippen LogP contribution is 2.38. The molecule has 0 aliphatic heterocycles. The number of hydrogen-bond donors (Lipinski definition) is 0. The third-order valence-electron chi connectivity index (χ3n) is 3.87. The maximum Gasteiger partial charge on any atom is 0.311 e. The fourth-order valence-corrected chi connectivity index (χ4v) is 2.60. The van der Waals surface area contributed by atoms with Crippen LogP contribution in [0.1, 0.15) is 11.1 Å². The van der Waals surface area contributed by atoms with Gasteiger partial charge in [0.2, 0.25) is 5.75 Å². The summed E-state index contributed by atoms with van der Waals surface area (Å²) in [5, 5.41) is 11.1. The van der Waals surface area contributed by atoms with Gasteiger partial charge >= 0.3 is 5.69 Å². The average Bonchev–Trinajstić information content (AvgIpc) is 2.64. The van der Waals surface area contributed by atoms with Crippen LogP contribution in [0.15, 0.2) is 30.3 Å². The van der Waals surface area contributed by atoms with Crippen LogP contribution in [0.3, 0.4) is 0 Å². The van der Waals surface area contributed by atoms with Gasteiger partial charge in [0.05, 0.1) is 33.4 Å². The number of aryl methyl sites for hydroxylation is 2. The minimum absolute atomic E-state index is 0.0371. The minimum atomic E-state index is -0.443. The van der Waals surface area contributed by atoms with E-state index < -0.39 is 4.92 Å². The molecule has 0 N–H and O–H groups in total. The van der Waals surface area contributed by atoms with Crippen molar-refractivity contribution in [2.75, 3.05) is 28.4 Å². The van der Waals surface area contributed by atoms with E-state index in [1.165, 1.54) is 13.2 Å². The highest BCUT2D eigenvalue weighted by atomic mass is 16.6. The fraction of sp³-hybridized carbons (Fsp3) is 0.333. The number of methoxy groups -OCH3 is 4. The first-order valence-electron chi connectivity index (χ1n) is 7.64. The quantitative estimate of drug-likeness (QED) is 0.538. The number of ether oxygens (including phenoxy) is 4. The van der Waals surface area contributed by atoms with Gasteiger partial charge in [0.15, 0.2) is 17.2 Å². The van der Waals surface area contributed by atoms with Crippen LogP contribution in [0, 0.1) is 10.1 Å². The lowest BCUT2D eigenvalue weighted by Crippen LogP contribution is -1.99. The van der Waals surface area contributed by atoms with Crippen molar-refractivity contribution in [3.8, 4) is 23.0 Å². The number of nitrogens with zero attached hydrogens (tertiary/aromatic N) is 1. The molecule has 7 nitrogen and oxygen atoms in total. The molecule has 0 bridgehead atoms. The molecule has 0 heterocycles. The Kier molecular flexibility index (Phi) is 6.05. The van der Waals surface area contributed by atoms with Crippen LogP contribution >= 0.6 is 0 Å². The molecule has 2 aromatic rings. The lowest BCUT2D eigenvalue weighted by molar-refractivity contribution is -0.385. The number of hydrogen-bond acceptors (Lipinski definition) is 6. The largest absolute Gasteiger partial charge is 0.493 e. The zero-order chi connectivity index (χ0) is 18.4. The summed E-state index contributed by atoms with van der Waals surface area (Å²) < 4.78 is 21.0. The van der Waals surface area contributed by atoms with E-state index in [1.807, 2.05) is 18.2 Å². The molecule has 0 aromatic heterocycles. The average molecular weight is 347 g/mol. The Bertz CT molecular complexity index is 734. The van der Waals surface area contributed by atoms with Gasteiger partial charge in [-0.3, -0.25) is 10.1 Å². The SMILES string of the molecule is COc1ccc(CCc2cc(OC)c(OC)c(OC)c2)cc1[N+](=O)[O-]. The molecule has 0 saturated carbocycles. The van der Waals surface area contributed by atoms with Crippen molar-refractivity contribution >= 4 is 5.69 Å². The molecule has 0 atom stereocenters. The zero-order valence-electron chi connectivity index (χ0n) is 14.7. The first-order chi connectivity index (χ1) is 12.0. The van der Waals surface area contributed by atoms with Gasteiger partial charge in [-0.15, -0.1) is 0 Å². The van der Waals surface area contributed by atoms with Gasteiger partial charge in [-0.2, -0.15) is 0 Å². The molecule has 134 valence electrons. The summed E-state index contributed by atoms with van der Waals surface area (Å²) >= 11 is 0. The van der Waals surface area contributed by atoms with Crippen LogP contribution in [0.4, 0.5) is 5.69 Å². The number of nitro groups is 1. The van der Waals surface area contributed by atoms with Crippen molar-refractivity contribution in [1.82, 2.24) is 0 Å². The van der Waals surface area contributed by atoms with Gasteiger partial charge in [0.25, 0.3) is 0 Å². The zero-order valence-corrected chi connectivity index (χ0v) is 14.7. The smallest absolute Gasteiger partial charge is 0.311 e. The van der Waals surface area contributed by atoms with Gasteiger partial charge < -0.3 is 18.9 Å². The molecule has 0 fully saturated rings. The molecular weight excluding hydrogens is 326 g/mol. The number of rotatable bonds is 8. The molecule has 25 heavy (non-hydrogen) atoms. The van der Waals surface area contributed by atoms with Crippen LogP contribution in [-0.2, 0) is 12.8 Å². The second-order valence-electron chi connectivity index (χ2n) is 5.30. The van der Waals surface area contributed by atoms with Gasteiger partial charge in [0.1, 0.15) is 0 Å². The van der Waals surface area contributed by atoms with Crippen molar-refractivity contribution in [3.63, 3.8) is 0 Å². The van der Waals surface area contributed by atoms with E-state index in [9.17, 15) is 10.1 Å². The molecule has 0 aliphatic rings. The standard InChI is InChI=1S/C18H21NO6/c1-22-15-8-7-12(9-14(15)19(20)21)5-6-13-10-16(23-2)18(25-4)17(11-13)24-3/h7-11H,5-6H2,1-4H3. The normalized spacial score (nSPS) is 10.2. The molecule has 0 aliphatic carbocycles. The summed E-state index contributed by atoms with van der Waals surface area (Å²) in [4.78, 5) is 10.7. The summed E-state index contributed by atoms with van der Waals surface area (Å²) in [6.45, 7) is 0. The highest BCUT2D eigenvalue weighted by molar-refractivity contribution is 5.54. The van der Waals surface area contributed by atoms with Crippen LogP contribution in [-0.4, -0.2) is 33.4 Å². The van der Waals surface area contributed by atoms with Crippen molar-refractivity contribution in [2.45, 2.75) is 12.8 Å². The predicted octanol–water partition coefficient (Wildman–Crippen LogP) is 3.41. The molecule has 0 saturated heterocycles. The summed E-state index contributed by atoms with van der Waals surface area (Å²) in [6, 6.07) is 8.72. The topological polar surface area (TPSA) is 80.1 Å². The number of nitro benzene ring substituents is 1. The molecule has 0 unspecified atom stereocenters. The Balaban J connectivity index is 2.24. The Hall–Kier alpha value is -2.96. The van der Waals surface area contributed by atoms with E-state index in [2.05, 4.69) is 0 Å². The van der Waals surface area contributed by atoms with Crippen LogP contribution in [0.5, 0.6) is 23.0 Å². The molecule has 0 radical (unpaired) electrons. The summed E-state index contributed by atoms with van der Waals surface area (Å²) in [5.74, 6) is 1.95. The van der Waals surface area contributed by atoms with E-state index in [4.69, 9.17) is 18.9 Å². The first kappa shape index (κ1) is 18.4. The maximum absolute atomic E-state index is 11.1. The van der Waals surface area contributed by atoms with E-state index in [1.54, 1.807) is 27.4 Å². The van der Waals surface area contributed by atoms with Crippen molar-refractivity contribution < 1.29 is 23.9 Å². The molecule has 2 aromatic carbocycles. The lowest BCUT2D eigenvalue weighted by Gasteiger charge is -2.14. The molecule has 0 spiro atoms. The van der Waals surface area contributed by atoms with Crippen LogP contribution in [0.25, 0.3) is 0 Å². The van der Waals surface area contributed by atoms with E-state index >= 15 is 0 Å². The predicted molar refractivity (Wildman–Crippen MR) is 93.2 cm³/mol. The summed E-state index contributed by atoms with van der Waals surface area (Å²) in [7, 11) is 6.09. The lowest BCUT2D eigenvalue weighted by atomic mass is 10.0. The Morgan fingerprint density at radius 2 is 1.36 bits per heavy atom. The van der Waals surface area contributed by atoms with Crippen molar-refractivity contribution in [1.29, 1.82) is 0 Å². The van der Waals surface area contributed by atoms with E-state index in [0.29, 0.717) is 30.1 Å². The monoisotopic (exact) mass is 347 g/mol. The van der Waals surface area contributed by atoms with E-state index in [-0.39, 0.29) is 11.4 Å². The van der Waals surface area contributed by atoms with Crippen molar-refractivity contribution in [3.05, 3.63) is 51.6 Å². The molecular formula is C18H21NO6. The van der Waals surface area contributed by atoms with Gasteiger partial charge in [-0.1, -0.05) is 6.07 Å². The Labute approximate surface area is 146 Å². The molecule has 7 heteroatoms. The van der Waals surface area contributed by atoms with Crippen LogP contribution < -0.4 is 18.9 Å². The van der Waals surface area contributed by atoms with Crippen LogP contribution in [0.2, 0.25) is 0 Å². The summed E-state index contributed by atoms with van der Waals surface area (Å²) in [6.07, 6.45) is 1.30. The second-order valence-corrected chi connectivity index (χ2v) is 5.30. The third-order valence-corrected chi connectivity index (χ3v) is 3.87. The highest BCUT2D eigenvalue weighted by Gasteiger charge is 2.16. The Morgan fingerprint density at radius 1 is 0.800 bits per heavy atom. The van der Waals surface area contributed by atoms with Gasteiger partial charge in [0, 0.05) is 6.07 Å². The van der Waals surface area contributed by atoms with Gasteiger partial charge in [-0.25, -0.2) is 0 Å². The fourth-order valence-electron chi connectivity index (χ4n) is 2.60. The first-order valence-corrected chi connectivity index (χ1v) is 7.64. The maximum atomic E-state index is 11.1. The molecule has 2 rings (SSSR count). The van der Waals surface area contributed by atoms with E-state index in [0.717, 1.165) is 11.1 Å². The van der Waals surface area contributed by atoms with Crippen molar-refractivity contribution in [2.24, 2.45) is 0 Å². The molecule has 0 amide bonds. The minimum Gasteiger partial charge on any atom is -0.493 e. The third kappa shape index (κ3) is 4.12.